The number of halogens is 1. The Hall–Kier alpha value is -1.13. The molecule has 1 unspecified atom stereocenters. The molecule has 0 saturated heterocycles. The molecule has 1 aromatic carbocycles. The van der Waals surface area contributed by atoms with Crippen LogP contribution in [0.3, 0.4) is 0 Å². The molecule has 2 aromatic rings. The maximum atomic E-state index is 5.57. The molecule has 2 N–H and O–H groups in total. The van der Waals surface area contributed by atoms with Gasteiger partial charge in [-0.05, 0) is 52.5 Å². The van der Waals surface area contributed by atoms with Crippen molar-refractivity contribution in [1.82, 2.24) is 9.78 Å². The van der Waals surface area contributed by atoms with Gasteiger partial charge in [-0.3, -0.25) is 0 Å². The predicted octanol–water partition coefficient (Wildman–Crippen LogP) is 3.09. The minimum absolute atomic E-state index is 0.512. The molecular formula is C13H16BrN3. The summed E-state index contributed by atoms with van der Waals surface area (Å²) >= 11 is 3.39. The van der Waals surface area contributed by atoms with Crippen molar-refractivity contribution < 1.29 is 0 Å². The molecule has 3 nitrogen and oxygen atoms in total. The zero-order valence-corrected chi connectivity index (χ0v) is 11.4. The van der Waals surface area contributed by atoms with Crippen molar-refractivity contribution in [3.05, 3.63) is 46.7 Å². The quantitative estimate of drug-likeness (QED) is 0.941. The standard InChI is InChI=1S/C13H16BrN3/c1-10(6-7-15)11-2-4-13(5-3-11)17-9-12(14)8-16-17/h2-5,8-10H,6-7,15H2,1H3. The second kappa shape index (κ2) is 5.47. The maximum Gasteiger partial charge on any atom is 0.0646 e. The molecule has 0 fully saturated rings. The molecule has 90 valence electrons. The SMILES string of the molecule is CC(CCN)c1ccc(-n2cc(Br)cn2)cc1. The molecule has 2 rings (SSSR count). The smallest absolute Gasteiger partial charge is 0.0646 e. The van der Waals surface area contributed by atoms with Crippen molar-refractivity contribution in [3.63, 3.8) is 0 Å². The van der Waals surface area contributed by atoms with E-state index >= 15 is 0 Å². The monoisotopic (exact) mass is 293 g/mol. The van der Waals surface area contributed by atoms with Crippen LogP contribution in [0.15, 0.2) is 41.1 Å². The molecular weight excluding hydrogens is 278 g/mol. The fraction of sp³-hybridized carbons (Fsp3) is 0.308. The van der Waals surface area contributed by atoms with Crippen LogP contribution < -0.4 is 5.73 Å². The average Bonchev–Trinajstić information content (AvgIpc) is 2.76. The Kier molecular flexibility index (Phi) is 3.97. The highest BCUT2D eigenvalue weighted by Crippen LogP contribution is 2.20. The average molecular weight is 294 g/mol. The van der Waals surface area contributed by atoms with E-state index < -0.39 is 0 Å². The van der Waals surface area contributed by atoms with Crippen LogP contribution in [0.5, 0.6) is 0 Å². The second-order valence-corrected chi connectivity index (χ2v) is 5.09. The lowest BCUT2D eigenvalue weighted by molar-refractivity contribution is 0.690. The van der Waals surface area contributed by atoms with E-state index in [1.807, 2.05) is 10.9 Å². The van der Waals surface area contributed by atoms with Gasteiger partial charge in [-0.1, -0.05) is 19.1 Å². The summed E-state index contributed by atoms with van der Waals surface area (Å²) in [7, 11) is 0. The summed E-state index contributed by atoms with van der Waals surface area (Å²) in [5.74, 6) is 0.512. The van der Waals surface area contributed by atoms with E-state index in [9.17, 15) is 0 Å². The molecule has 0 aliphatic carbocycles. The molecule has 4 heteroatoms. The summed E-state index contributed by atoms with van der Waals surface area (Å²) in [6, 6.07) is 8.46. The van der Waals surface area contributed by atoms with E-state index in [1.165, 1.54) is 5.56 Å². The van der Waals surface area contributed by atoms with Crippen LogP contribution in [0.25, 0.3) is 5.69 Å². The summed E-state index contributed by atoms with van der Waals surface area (Å²) in [4.78, 5) is 0. The van der Waals surface area contributed by atoms with E-state index in [1.54, 1.807) is 6.20 Å². The zero-order valence-electron chi connectivity index (χ0n) is 9.81. The molecule has 0 aliphatic heterocycles. The van der Waals surface area contributed by atoms with Crippen molar-refractivity contribution in [2.24, 2.45) is 5.73 Å². The van der Waals surface area contributed by atoms with Gasteiger partial charge in [0, 0.05) is 6.20 Å². The van der Waals surface area contributed by atoms with Crippen LogP contribution in [-0.2, 0) is 0 Å². The summed E-state index contributed by atoms with van der Waals surface area (Å²) in [6.45, 7) is 2.93. The first-order chi connectivity index (χ1) is 8.20. The first-order valence-electron chi connectivity index (χ1n) is 5.71. The fourth-order valence-electron chi connectivity index (χ4n) is 1.81. The number of hydrogen-bond acceptors (Lipinski definition) is 2. The van der Waals surface area contributed by atoms with Crippen molar-refractivity contribution in [2.75, 3.05) is 6.54 Å². The number of aromatic nitrogens is 2. The zero-order chi connectivity index (χ0) is 12.3. The normalized spacial score (nSPS) is 12.6. The van der Waals surface area contributed by atoms with Gasteiger partial charge in [0.25, 0.3) is 0 Å². The number of nitrogens with zero attached hydrogens (tertiary/aromatic N) is 2. The van der Waals surface area contributed by atoms with Gasteiger partial charge < -0.3 is 5.73 Å². The van der Waals surface area contributed by atoms with Crippen molar-refractivity contribution >= 4 is 15.9 Å². The summed E-state index contributed by atoms with van der Waals surface area (Å²) in [5, 5.41) is 4.25. The molecule has 0 amide bonds. The highest BCUT2D eigenvalue weighted by Gasteiger charge is 2.05. The fourth-order valence-corrected chi connectivity index (χ4v) is 2.10. The Balaban J connectivity index is 2.18. The van der Waals surface area contributed by atoms with E-state index in [0.717, 1.165) is 23.1 Å². The Morgan fingerprint density at radius 2 is 2.06 bits per heavy atom. The lowest BCUT2D eigenvalue weighted by atomic mass is 9.98. The number of nitrogens with two attached hydrogens (primary N) is 1. The largest absolute Gasteiger partial charge is 0.330 e. The number of benzene rings is 1. The lowest BCUT2D eigenvalue weighted by Crippen LogP contribution is -2.04. The van der Waals surface area contributed by atoms with Crippen LogP contribution in [-0.4, -0.2) is 16.3 Å². The molecule has 0 spiro atoms. The first-order valence-corrected chi connectivity index (χ1v) is 6.50. The predicted molar refractivity (Wildman–Crippen MR) is 73.4 cm³/mol. The topological polar surface area (TPSA) is 43.8 Å². The highest BCUT2D eigenvalue weighted by molar-refractivity contribution is 9.10. The molecule has 1 heterocycles. The van der Waals surface area contributed by atoms with Crippen molar-refractivity contribution in [1.29, 1.82) is 0 Å². The van der Waals surface area contributed by atoms with Crippen molar-refractivity contribution in [2.45, 2.75) is 19.3 Å². The molecule has 0 radical (unpaired) electrons. The Morgan fingerprint density at radius 1 is 1.35 bits per heavy atom. The Morgan fingerprint density at radius 3 is 2.59 bits per heavy atom. The van der Waals surface area contributed by atoms with Gasteiger partial charge in [0.15, 0.2) is 0 Å². The van der Waals surface area contributed by atoms with Gasteiger partial charge in [-0.2, -0.15) is 5.10 Å². The highest BCUT2D eigenvalue weighted by atomic mass is 79.9. The second-order valence-electron chi connectivity index (χ2n) is 4.17. The lowest BCUT2D eigenvalue weighted by Gasteiger charge is -2.11. The number of hydrogen-bond donors (Lipinski definition) is 1. The van der Waals surface area contributed by atoms with Gasteiger partial charge >= 0.3 is 0 Å². The van der Waals surface area contributed by atoms with E-state index in [4.69, 9.17) is 5.73 Å². The first kappa shape index (κ1) is 12.3. The minimum atomic E-state index is 0.512. The van der Waals surface area contributed by atoms with E-state index in [-0.39, 0.29) is 0 Å². The summed E-state index contributed by atoms with van der Waals surface area (Å²) in [5.41, 5.74) is 7.96. The minimum Gasteiger partial charge on any atom is -0.330 e. The molecule has 0 aliphatic rings. The van der Waals surface area contributed by atoms with E-state index in [0.29, 0.717) is 5.92 Å². The van der Waals surface area contributed by atoms with Gasteiger partial charge in [0.05, 0.1) is 16.4 Å². The Bertz CT molecular complexity index is 476. The van der Waals surface area contributed by atoms with E-state index in [2.05, 4.69) is 52.2 Å². The molecule has 0 bridgehead atoms. The van der Waals surface area contributed by atoms with Crippen LogP contribution in [0, 0.1) is 0 Å². The van der Waals surface area contributed by atoms with Gasteiger partial charge in [-0.15, -0.1) is 0 Å². The molecule has 0 saturated carbocycles. The third kappa shape index (κ3) is 2.96. The molecule has 1 aromatic heterocycles. The van der Waals surface area contributed by atoms with Crippen LogP contribution in [0.2, 0.25) is 0 Å². The van der Waals surface area contributed by atoms with Crippen molar-refractivity contribution in [3.8, 4) is 5.69 Å². The Labute approximate surface area is 110 Å². The maximum absolute atomic E-state index is 5.57. The summed E-state index contributed by atoms with van der Waals surface area (Å²) in [6.07, 6.45) is 4.75. The summed E-state index contributed by atoms with van der Waals surface area (Å²) < 4.78 is 2.83. The van der Waals surface area contributed by atoms with Gasteiger partial charge in [0.1, 0.15) is 0 Å². The van der Waals surface area contributed by atoms with Crippen LogP contribution in [0.1, 0.15) is 24.8 Å². The van der Waals surface area contributed by atoms with Crippen LogP contribution in [0.4, 0.5) is 0 Å². The number of rotatable bonds is 4. The van der Waals surface area contributed by atoms with Gasteiger partial charge in [-0.25, -0.2) is 4.68 Å². The third-order valence-corrected chi connectivity index (χ3v) is 3.29. The molecule has 1 atom stereocenters. The third-order valence-electron chi connectivity index (χ3n) is 2.88. The van der Waals surface area contributed by atoms with Crippen LogP contribution >= 0.6 is 15.9 Å². The van der Waals surface area contributed by atoms with Gasteiger partial charge in [0.2, 0.25) is 0 Å². The molecule has 17 heavy (non-hydrogen) atoms.